The van der Waals surface area contributed by atoms with E-state index in [0.717, 1.165) is 16.7 Å². The Bertz CT molecular complexity index is 1720. The zero-order valence-corrected chi connectivity index (χ0v) is 26.8. The van der Waals surface area contributed by atoms with E-state index in [1.54, 1.807) is 48.5 Å². The molecule has 0 radical (unpaired) electrons. The Labute approximate surface area is 275 Å². The second-order valence-electron chi connectivity index (χ2n) is 11.3. The second-order valence-corrected chi connectivity index (χ2v) is 13.7. The number of ether oxygens (including phenoxy) is 4. The third-order valence-corrected chi connectivity index (χ3v) is 10.6. The molecule has 1 heterocycles. The summed E-state index contributed by atoms with van der Waals surface area (Å²) < 4.78 is 47.5. The van der Waals surface area contributed by atoms with Gasteiger partial charge in [-0.15, -0.1) is 0 Å². The van der Waals surface area contributed by atoms with Gasteiger partial charge in [0, 0.05) is 5.30 Å². The van der Waals surface area contributed by atoms with Gasteiger partial charge in [-0.3, -0.25) is 4.57 Å². The van der Waals surface area contributed by atoms with E-state index in [4.69, 9.17) is 23.5 Å². The van der Waals surface area contributed by atoms with Crippen LogP contribution in [0.4, 0.5) is 0 Å². The molecule has 0 spiro atoms. The van der Waals surface area contributed by atoms with E-state index in [1.165, 1.54) is 0 Å². The third-order valence-electron chi connectivity index (χ3n) is 7.92. The van der Waals surface area contributed by atoms with Crippen LogP contribution >= 0.6 is 7.37 Å². The van der Waals surface area contributed by atoms with Gasteiger partial charge in [0.05, 0.1) is 32.0 Å². The molecule has 1 aliphatic heterocycles. The van der Waals surface area contributed by atoms with Crippen molar-refractivity contribution in [3.63, 3.8) is 0 Å². The molecule has 5 atom stereocenters. The molecule has 0 unspecified atom stereocenters. The summed E-state index contributed by atoms with van der Waals surface area (Å²) in [5, 5.41) is 0.411. The summed E-state index contributed by atoms with van der Waals surface area (Å²) in [5.41, 5.74) is 3.15. The van der Waals surface area contributed by atoms with Crippen molar-refractivity contribution in [3.8, 4) is 0 Å². The fourth-order valence-electron chi connectivity index (χ4n) is 5.53. The zero-order chi connectivity index (χ0) is 32.3. The lowest BCUT2D eigenvalue weighted by Crippen LogP contribution is -2.56. The highest BCUT2D eigenvalue weighted by atomic mass is 31.2. The van der Waals surface area contributed by atoms with Gasteiger partial charge >= 0.3 is 5.97 Å². The first kappa shape index (κ1) is 32.6. The monoisotopic (exact) mass is 648 g/mol. The SMILES string of the molecule is O=C(O[C@@H]1[C@@H](OCc2ccccc2)[C@H](OCc2ccccc2)[C@@H](COCc2ccccc2)O[P@@]1(=O)c1ccccc1)c1ccccc1. The summed E-state index contributed by atoms with van der Waals surface area (Å²) in [6.45, 7) is 0.784. The molecule has 6 rings (SSSR count). The van der Waals surface area contributed by atoms with E-state index in [0.29, 0.717) is 17.5 Å². The number of benzene rings is 5. The smallest absolute Gasteiger partial charge is 0.339 e. The van der Waals surface area contributed by atoms with Gasteiger partial charge in [-0.25, -0.2) is 4.79 Å². The number of rotatable bonds is 13. The standard InChI is InChI=1S/C39H37O7P/c40-38(33-22-12-4-13-23-33)45-39-37(44-28-32-20-10-3-11-21-32)36(43-27-31-18-8-2-9-19-31)35(29-42-26-30-16-6-1-7-17-30)46-47(39,41)34-24-14-5-15-25-34/h1-25,35-37,39H,26-29H2/t35-,36-,37+,39+,47+/m1/s1. The maximum atomic E-state index is 15.3. The zero-order valence-electron chi connectivity index (χ0n) is 25.9. The van der Waals surface area contributed by atoms with Crippen LogP contribution in [0, 0.1) is 0 Å². The van der Waals surface area contributed by atoms with Crippen molar-refractivity contribution in [2.24, 2.45) is 0 Å². The van der Waals surface area contributed by atoms with E-state index < -0.39 is 37.5 Å². The molecule has 7 nitrogen and oxygen atoms in total. The summed E-state index contributed by atoms with van der Waals surface area (Å²) in [4.78, 5) is 13.6. The lowest BCUT2D eigenvalue weighted by atomic mass is 10.1. The van der Waals surface area contributed by atoms with Crippen LogP contribution in [0.3, 0.4) is 0 Å². The van der Waals surface area contributed by atoms with Crippen LogP contribution in [0.15, 0.2) is 152 Å². The van der Waals surface area contributed by atoms with Crippen molar-refractivity contribution < 1.29 is 32.8 Å². The summed E-state index contributed by atoms with van der Waals surface area (Å²) in [7, 11) is -3.96. The first-order valence-corrected chi connectivity index (χ1v) is 17.3. The molecule has 0 saturated carbocycles. The molecule has 0 amide bonds. The molecule has 0 aromatic heterocycles. The Balaban J connectivity index is 1.39. The Morgan fingerprint density at radius 1 is 0.574 bits per heavy atom. The average molecular weight is 649 g/mol. The molecule has 0 N–H and O–H groups in total. The Morgan fingerprint density at radius 2 is 1.02 bits per heavy atom. The minimum atomic E-state index is -3.96. The number of hydrogen-bond acceptors (Lipinski definition) is 7. The van der Waals surface area contributed by atoms with E-state index >= 15 is 4.57 Å². The summed E-state index contributed by atoms with van der Waals surface area (Å²) >= 11 is 0. The fourth-order valence-corrected chi connectivity index (χ4v) is 8.11. The molecule has 1 saturated heterocycles. The largest absolute Gasteiger partial charge is 0.445 e. The van der Waals surface area contributed by atoms with Crippen LogP contribution in [0.1, 0.15) is 27.0 Å². The first-order valence-electron chi connectivity index (χ1n) is 15.6. The van der Waals surface area contributed by atoms with Crippen molar-refractivity contribution in [3.05, 3.63) is 174 Å². The van der Waals surface area contributed by atoms with Crippen LogP contribution in [0.2, 0.25) is 0 Å². The molecular formula is C39H37O7P. The van der Waals surface area contributed by atoms with Gasteiger partial charge in [0.2, 0.25) is 5.85 Å². The van der Waals surface area contributed by atoms with Gasteiger partial charge in [0.15, 0.2) is 0 Å². The molecule has 1 fully saturated rings. The maximum Gasteiger partial charge on any atom is 0.339 e. The fraction of sp³-hybridized carbons (Fsp3) is 0.205. The van der Waals surface area contributed by atoms with E-state index in [1.807, 2.05) is 103 Å². The van der Waals surface area contributed by atoms with Crippen molar-refractivity contribution in [2.75, 3.05) is 6.61 Å². The van der Waals surface area contributed by atoms with E-state index in [-0.39, 0.29) is 19.8 Å². The Hall–Kier alpha value is -4.36. The number of hydrogen-bond donors (Lipinski definition) is 0. The number of carbonyl (C=O) groups is 1. The lowest BCUT2D eigenvalue weighted by Gasteiger charge is -2.45. The quantitative estimate of drug-likeness (QED) is 0.0963. The van der Waals surface area contributed by atoms with Crippen molar-refractivity contribution >= 4 is 18.6 Å². The molecule has 0 aliphatic carbocycles. The van der Waals surface area contributed by atoms with E-state index in [2.05, 4.69) is 0 Å². The van der Waals surface area contributed by atoms with Gasteiger partial charge in [0.1, 0.15) is 18.3 Å². The second kappa shape index (κ2) is 16.0. The Kier molecular flexibility index (Phi) is 11.1. The average Bonchev–Trinajstić information content (AvgIpc) is 3.13. The number of esters is 1. The van der Waals surface area contributed by atoms with Crippen LogP contribution in [0.5, 0.6) is 0 Å². The predicted octanol–water partition coefficient (Wildman–Crippen LogP) is 7.56. The summed E-state index contributed by atoms with van der Waals surface area (Å²) in [6, 6.07) is 46.7. The molecule has 8 heteroatoms. The molecule has 0 bridgehead atoms. The summed E-state index contributed by atoms with van der Waals surface area (Å²) in [5.74, 6) is -1.95. The third kappa shape index (κ3) is 8.33. The molecule has 240 valence electrons. The van der Waals surface area contributed by atoms with Crippen molar-refractivity contribution in [1.29, 1.82) is 0 Å². The maximum absolute atomic E-state index is 15.3. The lowest BCUT2D eigenvalue weighted by molar-refractivity contribution is -0.175. The van der Waals surface area contributed by atoms with Gasteiger partial charge in [-0.05, 0) is 41.0 Å². The van der Waals surface area contributed by atoms with Crippen LogP contribution in [-0.4, -0.2) is 36.7 Å². The normalized spacial score (nSPS) is 22.4. The summed E-state index contributed by atoms with van der Waals surface area (Å²) in [6.07, 6.45) is -2.60. The minimum Gasteiger partial charge on any atom is -0.445 e. The predicted molar refractivity (Wildman–Crippen MR) is 180 cm³/mol. The Morgan fingerprint density at radius 3 is 1.55 bits per heavy atom. The first-order chi connectivity index (χ1) is 23.1. The van der Waals surface area contributed by atoms with Gasteiger partial charge in [-0.2, -0.15) is 0 Å². The van der Waals surface area contributed by atoms with Crippen molar-refractivity contribution in [2.45, 2.75) is 44.0 Å². The van der Waals surface area contributed by atoms with Gasteiger partial charge in [0.25, 0.3) is 7.37 Å². The topological polar surface area (TPSA) is 80.3 Å². The van der Waals surface area contributed by atoms with Crippen LogP contribution < -0.4 is 5.30 Å². The highest BCUT2D eigenvalue weighted by Crippen LogP contribution is 2.58. The molecule has 5 aromatic rings. The van der Waals surface area contributed by atoms with Crippen molar-refractivity contribution in [1.82, 2.24) is 0 Å². The molecule has 1 aliphatic rings. The highest BCUT2D eigenvalue weighted by Gasteiger charge is 2.57. The molecule has 5 aromatic carbocycles. The molecular weight excluding hydrogens is 611 g/mol. The number of carbonyl (C=O) groups excluding carboxylic acids is 1. The minimum absolute atomic E-state index is 0.0652. The van der Waals surface area contributed by atoms with Gasteiger partial charge < -0.3 is 23.5 Å². The van der Waals surface area contributed by atoms with Gasteiger partial charge in [-0.1, -0.05) is 127 Å². The highest BCUT2D eigenvalue weighted by molar-refractivity contribution is 7.67. The van der Waals surface area contributed by atoms with Crippen LogP contribution in [-0.2, 0) is 47.9 Å². The van der Waals surface area contributed by atoms with Crippen LogP contribution in [0.25, 0.3) is 0 Å². The molecule has 47 heavy (non-hydrogen) atoms. The van der Waals surface area contributed by atoms with E-state index in [9.17, 15) is 4.79 Å².